The second kappa shape index (κ2) is 7.22. The minimum absolute atomic E-state index is 0.163. The third-order valence-electron chi connectivity index (χ3n) is 3.30. The van der Waals surface area contributed by atoms with Gasteiger partial charge in [-0.15, -0.1) is 11.8 Å². The van der Waals surface area contributed by atoms with Gasteiger partial charge in [0, 0.05) is 35.5 Å². The summed E-state index contributed by atoms with van der Waals surface area (Å²) in [6, 6.07) is 8.71. The van der Waals surface area contributed by atoms with E-state index in [4.69, 9.17) is 5.11 Å². The average molecular weight is 297 g/mol. The smallest absolute Gasteiger partial charge is 0.304 e. The van der Waals surface area contributed by atoms with E-state index in [1.165, 1.54) is 10.5 Å². The van der Waals surface area contributed by atoms with Crippen molar-refractivity contribution in [1.82, 2.24) is 4.90 Å². The summed E-state index contributed by atoms with van der Waals surface area (Å²) < 4.78 is 0. The summed E-state index contributed by atoms with van der Waals surface area (Å²) in [4.78, 5) is 14.5. The third kappa shape index (κ3) is 4.44. The van der Waals surface area contributed by atoms with Crippen LogP contribution in [0.4, 0.5) is 0 Å². The predicted molar refractivity (Wildman–Crippen MR) is 82.0 cm³/mol. The van der Waals surface area contributed by atoms with Crippen molar-refractivity contribution >= 4 is 29.5 Å². The van der Waals surface area contributed by atoms with Crippen molar-refractivity contribution in [2.24, 2.45) is 0 Å². The second-order valence-corrected chi connectivity index (χ2v) is 6.67. The molecule has 0 saturated carbocycles. The lowest BCUT2D eigenvalue weighted by Crippen LogP contribution is -2.42. The molecule has 3 nitrogen and oxygen atoms in total. The summed E-state index contributed by atoms with van der Waals surface area (Å²) >= 11 is 3.59. The van der Waals surface area contributed by atoms with Gasteiger partial charge in [-0.1, -0.05) is 12.1 Å². The van der Waals surface area contributed by atoms with Crippen molar-refractivity contribution < 1.29 is 9.90 Å². The van der Waals surface area contributed by atoms with E-state index in [0.717, 1.165) is 24.6 Å². The maximum Gasteiger partial charge on any atom is 0.304 e. The van der Waals surface area contributed by atoms with Crippen LogP contribution in [0.5, 0.6) is 0 Å². The van der Waals surface area contributed by atoms with Crippen LogP contribution in [0.1, 0.15) is 12.0 Å². The molecule has 0 aliphatic carbocycles. The molecule has 1 aliphatic heterocycles. The molecule has 0 aromatic heterocycles. The summed E-state index contributed by atoms with van der Waals surface area (Å²) in [7, 11) is 0. The van der Waals surface area contributed by atoms with Gasteiger partial charge in [0.15, 0.2) is 0 Å². The van der Waals surface area contributed by atoms with Gasteiger partial charge in [-0.2, -0.15) is 11.8 Å². The zero-order valence-electron chi connectivity index (χ0n) is 11.0. The first-order valence-electron chi connectivity index (χ1n) is 6.35. The van der Waals surface area contributed by atoms with Crippen LogP contribution in [0, 0.1) is 0 Å². The maximum absolute atomic E-state index is 10.9. The Labute approximate surface area is 122 Å². The normalized spacial score (nSPS) is 20.4. The van der Waals surface area contributed by atoms with Crippen LogP contribution in [-0.4, -0.2) is 46.3 Å². The van der Waals surface area contributed by atoms with Crippen molar-refractivity contribution in [3.05, 3.63) is 29.8 Å². The van der Waals surface area contributed by atoms with Crippen molar-refractivity contribution in [1.29, 1.82) is 0 Å². The lowest BCUT2D eigenvalue weighted by Gasteiger charge is -2.34. The molecule has 1 N–H and O–H groups in total. The molecule has 0 radical (unpaired) electrons. The highest BCUT2D eigenvalue weighted by Crippen LogP contribution is 2.22. The molecule has 1 saturated heterocycles. The van der Waals surface area contributed by atoms with Gasteiger partial charge < -0.3 is 5.11 Å². The fourth-order valence-corrected chi connectivity index (χ4v) is 3.79. The van der Waals surface area contributed by atoms with E-state index >= 15 is 0 Å². The number of hydrogen-bond acceptors (Lipinski definition) is 4. The molecular weight excluding hydrogens is 278 g/mol. The van der Waals surface area contributed by atoms with Crippen LogP contribution in [0.3, 0.4) is 0 Å². The molecule has 1 aliphatic rings. The van der Waals surface area contributed by atoms with Crippen LogP contribution < -0.4 is 0 Å². The van der Waals surface area contributed by atoms with Gasteiger partial charge in [-0.25, -0.2) is 0 Å². The molecule has 0 amide bonds. The van der Waals surface area contributed by atoms with Crippen molar-refractivity contribution in [2.75, 3.05) is 24.3 Å². The molecule has 2 rings (SSSR count). The number of carbonyl (C=O) groups is 1. The van der Waals surface area contributed by atoms with Gasteiger partial charge >= 0.3 is 5.97 Å². The first-order chi connectivity index (χ1) is 9.19. The Kier molecular flexibility index (Phi) is 5.60. The highest BCUT2D eigenvalue weighted by Gasteiger charge is 2.24. The van der Waals surface area contributed by atoms with Crippen LogP contribution in [0.15, 0.2) is 29.2 Å². The molecule has 0 bridgehead atoms. The number of carboxylic acid groups (broad SMARTS) is 1. The molecule has 0 spiro atoms. The fourth-order valence-electron chi connectivity index (χ4n) is 2.25. The Morgan fingerprint density at radius 1 is 1.47 bits per heavy atom. The number of thioether (sulfide) groups is 2. The van der Waals surface area contributed by atoms with Gasteiger partial charge in [-0.3, -0.25) is 9.69 Å². The molecule has 1 unspecified atom stereocenters. The molecule has 1 heterocycles. The summed E-state index contributed by atoms with van der Waals surface area (Å²) in [5.41, 5.74) is 1.26. The van der Waals surface area contributed by atoms with Gasteiger partial charge in [0.1, 0.15) is 0 Å². The van der Waals surface area contributed by atoms with Crippen molar-refractivity contribution in [3.8, 4) is 0 Å². The Bertz CT molecular complexity index is 422. The van der Waals surface area contributed by atoms with Gasteiger partial charge in [-0.05, 0) is 24.0 Å². The van der Waals surface area contributed by atoms with Crippen LogP contribution in [-0.2, 0) is 11.3 Å². The van der Waals surface area contributed by atoms with E-state index in [1.54, 1.807) is 11.8 Å². The largest absolute Gasteiger partial charge is 0.481 e. The van der Waals surface area contributed by atoms with E-state index in [0.29, 0.717) is 0 Å². The zero-order valence-corrected chi connectivity index (χ0v) is 12.7. The minimum atomic E-state index is -0.699. The molecule has 19 heavy (non-hydrogen) atoms. The lowest BCUT2D eigenvalue weighted by molar-refractivity contribution is -0.138. The van der Waals surface area contributed by atoms with Gasteiger partial charge in [0.05, 0.1) is 6.42 Å². The summed E-state index contributed by atoms with van der Waals surface area (Å²) in [6.45, 7) is 1.83. The molecule has 1 aromatic rings. The number of rotatable bonds is 5. The van der Waals surface area contributed by atoms with Gasteiger partial charge in [0.25, 0.3) is 0 Å². The first-order valence-corrected chi connectivity index (χ1v) is 8.73. The van der Waals surface area contributed by atoms with E-state index in [-0.39, 0.29) is 12.5 Å². The SMILES string of the molecule is CSc1ccc(CN2CCSCC2CC(=O)O)cc1. The maximum atomic E-state index is 10.9. The molecule has 5 heteroatoms. The molecule has 1 fully saturated rings. The Hall–Kier alpha value is -0.650. The average Bonchev–Trinajstić information content (AvgIpc) is 2.41. The van der Waals surface area contributed by atoms with E-state index in [2.05, 4.69) is 35.4 Å². The van der Waals surface area contributed by atoms with E-state index in [1.807, 2.05) is 11.8 Å². The minimum Gasteiger partial charge on any atom is -0.481 e. The summed E-state index contributed by atoms with van der Waals surface area (Å²) in [5.74, 6) is 1.32. The highest BCUT2D eigenvalue weighted by molar-refractivity contribution is 7.99. The van der Waals surface area contributed by atoms with Crippen LogP contribution in [0.25, 0.3) is 0 Å². The molecular formula is C14H19NO2S2. The third-order valence-corrected chi connectivity index (χ3v) is 5.14. The van der Waals surface area contributed by atoms with E-state index < -0.39 is 5.97 Å². The molecule has 1 atom stereocenters. The first kappa shape index (κ1) is 14.8. The number of nitrogens with zero attached hydrogens (tertiary/aromatic N) is 1. The van der Waals surface area contributed by atoms with Crippen LogP contribution >= 0.6 is 23.5 Å². The predicted octanol–water partition coefficient (Wildman–Crippen LogP) is 2.80. The topological polar surface area (TPSA) is 40.5 Å². The number of aliphatic carboxylic acids is 1. The number of benzene rings is 1. The Morgan fingerprint density at radius 3 is 2.84 bits per heavy atom. The van der Waals surface area contributed by atoms with Crippen molar-refractivity contribution in [2.45, 2.75) is 23.9 Å². The fraction of sp³-hybridized carbons (Fsp3) is 0.500. The lowest BCUT2D eigenvalue weighted by atomic mass is 10.1. The highest BCUT2D eigenvalue weighted by atomic mass is 32.2. The quantitative estimate of drug-likeness (QED) is 0.846. The monoisotopic (exact) mass is 297 g/mol. The standard InChI is InChI=1S/C14H19NO2S2/c1-18-13-4-2-11(3-5-13)9-15-6-7-19-10-12(15)8-14(16)17/h2-5,12H,6-10H2,1H3,(H,16,17). The Morgan fingerprint density at radius 2 is 2.21 bits per heavy atom. The summed E-state index contributed by atoms with van der Waals surface area (Å²) in [5, 5.41) is 8.98. The number of hydrogen-bond donors (Lipinski definition) is 1. The van der Waals surface area contributed by atoms with Gasteiger partial charge in [0.2, 0.25) is 0 Å². The molecule has 104 valence electrons. The Balaban J connectivity index is 1.99. The molecule has 1 aromatic carbocycles. The van der Waals surface area contributed by atoms with E-state index in [9.17, 15) is 4.79 Å². The summed E-state index contributed by atoms with van der Waals surface area (Å²) in [6.07, 6.45) is 2.32. The number of carboxylic acids is 1. The zero-order chi connectivity index (χ0) is 13.7. The van der Waals surface area contributed by atoms with Crippen LogP contribution in [0.2, 0.25) is 0 Å². The van der Waals surface area contributed by atoms with Crippen molar-refractivity contribution in [3.63, 3.8) is 0 Å². The second-order valence-electron chi connectivity index (χ2n) is 4.65.